The average Bonchev–Trinajstić information content (AvgIpc) is 3.63. The summed E-state index contributed by atoms with van der Waals surface area (Å²) in [4.78, 5) is 0. The van der Waals surface area contributed by atoms with E-state index in [-0.39, 0.29) is 24.8 Å². The minimum absolute atomic E-state index is 0. The van der Waals surface area contributed by atoms with Crippen LogP contribution in [0.2, 0.25) is 0 Å². The molecule has 182 valence electrons. The Labute approximate surface area is 242 Å². The second-order valence-electron chi connectivity index (χ2n) is 9.70. The molecule has 0 fully saturated rings. The zero-order chi connectivity index (χ0) is 23.5. The second-order valence-corrected chi connectivity index (χ2v) is 13.4. The van der Waals surface area contributed by atoms with E-state index in [9.17, 15) is 0 Å². The van der Waals surface area contributed by atoms with E-state index in [0.717, 1.165) is 0 Å². The molecule has 5 heteroatoms. The van der Waals surface area contributed by atoms with Gasteiger partial charge in [-0.3, -0.25) is 0 Å². The van der Waals surface area contributed by atoms with Crippen molar-refractivity contribution >= 4 is 34.4 Å². The predicted molar refractivity (Wildman–Crippen MR) is 143 cm³/mol. The Bertz CT molecular complexity index is 1670. The van der Waals surface area contributed by atoms with E-state index in [0.29, 0.717) is 7.25 Å². The van der Waals surface area contributed by atoms with Gasteiger partial charge in [-0.15, -0.1) is 0 Å². The first kappa shape index (κ1) is 26.0. The molecule has 0 amide bonds. The van der Waals surface area contributed by atoms with Crippen LogP contribution in [0.5, 0.6) is 0 Å². The quantitative estimate of drug-likeness (QED) is 0.299. The summed E-state index contributed by atoms with van der Waals surface area (Å²) in [5, 5.41) is 1.30. The number of rotatable bonds is 4. The number of aryl methyl sites for hydroxylation is 2. The van der Waals surface area contributed by atoms with Crippen molar-refractivity contribution in [1.82, 2.24) is 9.13 Å². The van der Waals surface area contributed by atoms with Crippen molar-refractivity contribution in [1.29, 1.82) is 0 Å². The minimum atomic E-state index is -1.05. The number of nitrogens with zero attached hydrogens (tertiary/aromatic N) is 2. The van der Waals surface area contributed by atoms with Gasteiger partial charge in [0.25, 0.3) is 0 Å². The molecule has 0 N–H and O–H groups in total. The summed E-state index contributed by atoms with van der Waals surface area (Å²) in [5.41, 5.74) is 12.7. The Morgan fingerprint density at radius 1 is 0.649 bits per heavy atom. The van der Waals surface area contributed by atoms with Crippen LogP contribution in [-0.2, 0) is 23.2 Å². The SMILES string of the molecule is Cc1cc(C)n(C2=Cc3ccccc3[CH]2[Zr+2][CH]2C(n3ccc4ccccc43)=Cc3ccccc32)c1.[Cl-].[Cl-]. The summed E-state index contributed by atoms with van der Waals surface area (Å²) in [6.45, 7) is 4.44. The fourth-order valence-electron chi connectivity index (χ4n) is 5.88. The van der Waals surface area contributed by atoms with E-state index in [2.05, 4.69) is 132 Å². The standard InChI is InChI=1S/C17H12N.C15H14N.2ClH.Zr/c1-2-7-15-12-16(11-14(15)6-1)18-10-9-13-5-3-4-8-17(13)18;1-11-7-12(2)16(10-11)15-8-13-5-3-4-6-14(13)9-15;;;/h1-12H;3-10H,1-2H3;2*1H;/q;;;;+2/p-2. The van der Waals surface area contributed by atoms with Crippen LogP contribution in [0.25, 0.3) is 34.4 Å². The van der Waals surface area contributed by atoms with Crippen molar-refractivity contribution in [3.05, 3.63) is 131 Å². The molecule has 2 aliphatic carbocycles. The molecule has 0 aliphatic heterocycles. The molecule has 2 heterocycles. The molecule has 0 saturated heterocycles. The van der Waals surface area contributed by atoms with Gasteiger partial charge >= 0.3 is 219 Å². The molecule has 2 aliphatic rings. The summed E-state index contributed by atoms with van der Waals surface area (Å²) in [7, 11) is 0. The third kappa shape index (κ3) is 4.32. The van der Waals surface area contributed by atoms with Crippen LogP contribution < -0.4 is 24.8 Å². The van der Waals surface area contributed by atoms with Crippen LogP contribution in [-0.4, -0.2) is 9.13 Å². The average molecular weight is 601 g/mol. The van der Waals surface area contributed by atoms with Crippen molar-refractivity contribution < 1.29 is 48.0 Å². The van der Waals surface area contributed by atoms with Gasteiger partial charge in [0.05, 0.1) is 0 Å². The van der Waals surface area contributed by atoms with Crippen molar-refractivity contribution in [2.75, 3.05) is 0 Å². The summed E-state index contributed by atoms with van der Waals surface area (Å²) >= 11 is -1.05. The number of para-hydroxylation sites is 1. The van der Waals surface area contributed by atoms with E-state index in [4.69, 9.17) is 0 Å². The molecule has 7 rings (SSSR count). The van der Waals surface area contributed by atoms with Crippen LogP contribution in [0, 0.1) is 13.8 Å². The van der Waals surface area contributed by atoms with Crippen molar-refractivity contribution in [3.8, 4) is 0 Å². The number of allylic oxidation sites excluding steroid dienone is 2. The third-order valence-electron chi connectivity index (χ3n) is 7.45. The van der Waals surface area contributed by atoms with Gasteiger partial charge in [-0.1, -0.05) is 0 Å². The molecule has 3 aromatic carbocycles. The maximum atomic E-state index is 2.45. The van der Waals surface area contributed by atoms with Gasteiger partial charge in [0, 0.05) is 0 Å². The molecule has 2 nitrogen and oxygen atoms in total. The van der Waals surface area contributed by atoms with Crippen LogP contribution in [0.4, 0.5) is 0 Å². The Kier molecular flexibility index (Phi) is 7.25. The molecule has 0 bridgehead atoms. The van der Waals surface area contributed by atoms with Gasteiger partial charge in [-0.05, 0) is 0 Å². The Morgan fingerprint density at radius 3 is 1.84 bits per heavy atom. The molecule has 0 saturated carbocycles. The first-order valence-electron chi connectivity index (χ1n) is 12.3. The fourth-order valence-corrected chi connectivity index (χ4v) is 10.8. The largest absolute Gasteiger partial charge is 1.00 e. The van der Waals surface area contributed by atoms with Crippen molar-refractivity contribution in [2.24, 2.45) is 0 Å². The van der Waals surface area contributed by atoms with Gasteiger partial charge < -0.3 is 24.8 Å². The van der Waals surface area contributed by atoms with Gasteiger partial charge in [-0.25, -0.2) is 0 Å². The molecule has 5 aromatic rings. The zero-order valence-electron chi connectivity index (χ0n) is 20.7. The minimum Gasteiger partial charge on any atom is -1.00 e. The smallest absolute Gasteiger partial charge is 1.00 e. The summed E-state index contributed by atoms with van der Waals surface area (Å²) in [5.74, 6) is 0. The maximum absolute atomic E-state index is 2.45. The number of halogens is 2. The fraction of sp³-hybridized carbons (Fsp3) is 0.125. The third-order valence-corrected chi connectivity index (χ3v) is 12.1. The van der Waals surface area contributed by atoms with E-state index < -0.39 is 23.2 Å². The summed E-state index contributed by atoms with van der Waals surface area (Å²) in [6, 6.07) is 31.4. The Balaban J connectivity index is 0.00000140. The Morgan fingerprint density at radius 2 is 1.22 bits per heavy atom. The molecule has 2 unspecified atom stereocenters. The number of hydrogen-bond acceptors (Lipinski definition) is 0. The summed E-state index contributed by atoms with van der Waals surface area (Å²) < 4.78 is 5.90. The second kappa shape index (κ2) is 10.3. The molecule has 37 heavy (non-hydrogen) atoms. The number of hydrogen-bond donors (Lipinski definition) is 0. The first-order chi connectivity index (χ1) is 17.2. The normalized spacial score (nSPS) is 17.2. The maximum Gasteiger partial charge on any atom is -1.00 e. The number of benzene rings is 3. The molecule has 2 atom stereocenters. The molecule has 0 radical (unpaired) electrons. The van der Waals surface area contributed by atoms with Gasteiger partial charge in [0.15, 0.2) is 0 Å². The van der Waals surface area contributed by atoms with Crippen LogP contribution in [0.3, 0.4) is 0 Å². The predicted octanol–water partition coefficient (Wildman–Crippen LogP) is 1.96. The molecular formula is C32H26Cl2N2Zr. The van der Waals surface area contributed by atoms with Gasteiger partial charge in [-0.2, -0.15) is 0 Å². The van der Waals surface area contributed by atoms with E-state index in [1.54, 1.807) is 0 Å². The van der Waals surface area contributed by atoms with Crippen molar-refractivity contribution in [3.63, 3.8) is 0 Å². The number of fused-ring (bicyclic) bond motifs is 3. The van der Waals surface area contributed by atoms with Gasteiger partial charge in [0.1, 0.15) is 0 Å². The van der Waals surface area contributed by atoms with E-state index in [1.165, 1.54) is 55.8 Å². The number of aromatic nitrogens is 2. The van der Waals surface area contributed by atoms with Gasteiger partial charge in [0.2, 0.25) is 0 Å². The van der Waals surface area contributed by atoms with Crippen LogP contribution in [0.1, 0.15) is 40.8 Å². The van der Waals surface area contributed by atoms with Crippen LogP contribution >= 0.6 is 0 Å². The topological polar surface area (TPSA) is 9.86 Å². The van der Waals surface area contributed by atoms with Crippen molar-refractivity contribution in [2.45, 2.75) is 21.1 Å². The monoisotopic (exact) mass is 598 g/mol. The first-order valence-corrected chi connectivity index (χ1v) is 15.1. The molecular weight excluding hydrogens is 574 g/mol. The summed E-state index contributed by atoms with van der Waals surface area (Å²) in [6.07, 6.45) is 9.48. The molecule has 0 spiro atoms. The molecule has 2 aromatic heterocycles. The zero-order valence-corrected chi connectivity index (χ0v) is 24.7. The Hall–Kier alpha value is -2.58. The van der Waals surface area contributed by atoms with Crippen LogP contribution in [0.15, 0.2) is 97.3 Å². The van der Waals surface area contributed by atoms with E-state index >= 15 is 0 Å². The van der Waals surface area contributed by atoms with E-state index in [1.807, 2.05) is 0 Å².